The molecule has 1 unspecified atom stereocenters. The Bertz CT molecular complexity index is 1200. The molecule has 1 fully saturated rings. The number of primary amides is 1. The van der Waals surface area contributed by atoms with Gasteiger partial charge in [0, 0.05) is 23.2 Å². The smallest absolute Gasteiger partial charge is 0.333 e. The number of carbonyl (C=O) groups excluding carboxylic acids is 1. The van der Waals surface area contributed by atoms with Gasteiger partial charge in [-0.25, -0.2) is 4.79 Å². The number of aryl methyl sites for hydroxylation is 1. The van der Waals surface area contributed by atoms with Crippen LogP contribution in [-0.4, -0.2) is 39.6 Å². The summed E-state index contributed by atoms with van der Waals surface area (Å²) >= 11 is 19.0. The van der Waals surface area contributed by atoms with E-state index in [0.29, 0.717) is 39.4 Å². The fourth-order valence-electron chi connectivity index (χ4n) is 4.20. The minimum absolute atomic E-state index is 0.249. The van der Waals surface area contributed by atoms with Crippen molar-refractivity contribution in [1.29, 1.82) is 0 Å². The number of rotatable bonds is 5. The summed E-state index contributed by atoms with van der Waals surface area (Å²) < 4.78 is 3.12. The third kappa shape index (κ3) is 3.73. The van der Waals surface area contributed by atoms with E-state index in [4.69, 9.17) is 40.5 Å². The lowest BCUT2D eigenvalue weighted by molar-refractivity contribution is 0.100. The number of carbonyl (C=O) groups is 1. The predicted octanol–water partition coefficient (Wildman–Crippen LogP) is 4.34. The van der Waals surface area contributed by atoms with Gasteiger partial charge >= 0.3 is 5.69 Å². The van der Waals surface area contributed by atoms with Crippen molar-refractivity contribution in [2.75, 3.05) is 13.6 Å². The van der Waals surface area contributed by atoms with Gasteiger partial charge in [0.1, 0.15) is 0 Å². The first kappa shape index (κ1) is 21.2. The topological polar surface area (TPSA) is 73.3 Å². The van der Waals surface area contributed by atoms with E-state index >= 15 is 0 Å². The van der Waals surface area contributed by atoms with Crippen molar-refractivity contribution in [3.8, 4) is 5.69 Å². The summed E-state index contributed by atoms with van der Waals surface area (Å²) in [6.07, 6.45) is 3.05. The molecule has 0 aliphatic carbocycles. The van der Waals surface area contributed by atoms with Crippen LogP contribution in [0.4, 0.5) is 0 Å². The maximum atomic E-state index is 13.5. The standard InChI is InChI=1S/C21H21Cl3N4O2/c1-26-7-2-3-14(26)6-8-27-18-10-12(20(25)29)9-16(24)19(18)28(21(27)30)17-5-4-13(22)11-15(17)23/h4-5,9-11,14H,2-3,6-8H2,1H3,(H2,25,29). The van der Waals surface area contributed by atoms with Crippen LogP contribution >= 0.6 is 34.8 Å². The van der Waals surface area contributed by atoms with E-state index in [1.165, 1.54) is 10.6 Å². The van der Waals surface area contributed by atoms with Gasteiger partial charge in [0.15, 0.2) is 0 Å². The summed E-state index contributed by atoms with van der Waals surface area (Å²) in [5.74, 6) is -0.606. The molecule has 9 heteroatoms. The molecule has 2 N–H and O–H groups in total. The molecule has 158 valence electrons. The fourth-order valence-corrected chi connectivity index (χ4v) is 4.99. The van der Waals surface area contributed by atoms with Gasteiger partial charge in [-0.1, -0.05) is 34.8 Å². The lowest BCUT2D eigenvalue weighted by Gasteiger charge is -2.19. The number of nitrogens with two attached hydrogens (primary N) is 1. The van der Waals surface area contributed by atoms with E-state index in [9.17, 15) is 9.59 Å². The van der Waals surface area contributed by atoms with Crippen LogP contribution in [0, 0.1) is 0 Å². The molecule has 0 bridgehead atoms. The Morgan fingerprint density at radius 1 is 1.17 bits per heavy atom. The van der Waals surface area contributed by atoms with Gasteiger partial charge in [0.05, 0.1) is 26.8 Å². The highest BCUT2D eigenvalue weighted by Crippen LogP contribution is 2.31. The maximum Gasteiger partial charge on any atom is 0.333 e. The first-order valence-electron chi connectivity index (χ1n) is 9.68. The van der Waals surface area contributed by atoms with Crippen molar-refractivity contribution >= 4 is 51.7 Å². The highest BCUT2D eigenvalue weighted by atomic mass is 35.5. The third-order valence-electron chi connectivity index (χ3n) is 5.77. The number of likely N-dealkylation sites (tertiary alicyclic amines) is 1. The van der Waals surface area contributed by atoms with Gasteiger partial charge in [0.2, 0.25) is 5.91 Å². The van der Waals surface area contributed by atoms with Crippen molar-refractivity contribution in [3.05, 3.63) is 61.4 Å². The Kier molecular flexibility index (Phi) is 5.86. The first-order valence-corrected chi connectivity index (χ1v) is 10.8. The number of halogens is 3. The van der Waals surface area contributed by atoms with Crippen molar-refractivity contribution in [2.45, 2.75) is 31.8 Å². The molecule has 0 spiro atoms. The lowest BCUT2D eigenvalue weighted by Crippen LogP contribution is -2.29. The van der Waals surface area contributed by atoms with Gasteiger partial charge in [0.25, 0.3) is 0 Å². The Labute approximate surface area is 188 Å². The second-order valence-corrected chi connectivity index (χ2v) is 8.87. The minimum Gasteiger partial charge on any atom is -0.366 e. The normalized spacial score (nSPS) is 17.1. The molecule has 0 radical (unpaired) electrons. The van der Waals surface area contributed by atoms with E-state index in [1.807, 2.05) is 0 Å². The number of aromatic nitrogens is 2. The van der Waals surface area contributed by atoms with Crippen LogP contribution in [0.1, 0.15) is 29.6 Å². The van der Waals surface area contributed by atoms with Crippen molar-refractivity contribution < 1.29 is 4.79 Å². The first-order chi connectivity index (χ1) is 14.3. The molecular formula is C21H21Cl3N4O2. The quantitative estimate of drug-likeness (QED) is 0.607. The number of amides is 1. The van der Waals surface area contributed by atoms with Crippen LogP contribution in [0.2, 0.25) is 15.1 Å². The highest BCUT2D eigenvalue weighted by molar-refractivity contribution is 6.37. The zero-order valence-corrected chi connectivity index (χ0v) is 18.6. The Hall–Kier alpha value is -1.99. The van der Waals surface area contributed by atoms with E-state index in [2.05, 4.69) is 11.9 Å². The summed E-state index contributed by atoms with van der Waals surface area (Å²) in [6.45, 7) is 1.54. The summed E-state index contributed by atoms with van der Waals surface area (Å²) in [4.78, 5) is 27.6. The lowest BCUT2D eigenvalue weighted by atomic mass is 10.1. The fraction of sp³-hybridized carbons (Fsp3) is 0.333. The molecule has 1 atom stereocenters. The molecule has 2 heterocycles. The molecule has 0 saturated carbocycles. The average Bonchev–Trinajstić information content (AvgIpc) is 3.21. The number of benzene rings is 2. The van der Waals surface area contributed by atoms with Gasteiger partial charge in [-0.3, -0.25) is 13.9 Å². The van der Waals surface area contributed by atoms with E-state index in [0.717, 1.165) is 25.8 Å². The second kappa shape index (κ2) is 8.27. The number of hydrogen-bond acceptors (Lipinski definition) is 3. The van der Waals surface area contributed by atoms with Crippen LogP contribution in [0.3, 0.4) is 0 Å². The summed E-state index contributed by atoms with van der Waals surface area (Å²) in [6, 6.07) is 8.42. The summed E-state index contributed by atoms with van der Waals surface area (Å²) in [5, 5.41) is 1.04. The molecule has 1 saturated heterocycles. The van der Waals surface area contributed by atoms with Crippen molar-refractivity contribution in [3.63, 3.8) is 0 Å². The van der Waals surface area contributed by atoms with E-state index < -0.39 is 5.91 Å². The molecular weight excluding hydrogens is 447 g/mol. The molecule has 2 aromatic carbocycles. The van der Waals surface area contributed by atoms with E-state index in [1.54, 1.807) is 28.8 Å². The average molecular weight is 468 g/mol. The Morgan fingerprint density at radius 2 is 1.93 bits per heavy atom. The molecule has 1 aliphatic rings. The molecule has 4 rings (SSSR count). The molecule has 30 heavy (non-hydrogen) atoms. The van der Waals surface area contributed by atoms with Crippen LogP contribution in [-0.2, 0) is 6.54 Å². The predicted molar refractivity (Wildman–Crippen MR) is 121 cm³/mol. The number of nitrogens with zero attached hydrogens (tertiary/aromatic N) is 3. The number of fused-ring (bicyclic) bond motifs is 1. The van der Waals surface area contributed by atoms with Gasteiger partial charge in [-0.15, -0.1) is 0 Å². The second-order valence-electron chi connectivity index (χ2n) is 7.62. The largest absolute Gasteiger partial charge is 0.366 e. The maximum absolute atomic E-state index is 13.5. The minimum atomic E-state index is -0.606. The zero-order valence-electron chi connectivity index (χ0n) is 16.4. The van der Waals surface area contributed by atoms with Gasteiger partial charge in [-0.05, 0) is 63.2 Å². The van der Waals surface area contributed by atoms with Crippen LogP contribution in [0.25, 0.3) is 16.7 Å². The molecule has 1 amide bonds. The van der Waals surface area contributed by atoms with Gasteiger partial charge in [-0.2, -0.15) is 0 Å². The summed E-state index contributed by atoms with van der Waals surface area (Å²) in [7, 11) is 2.10. The summed E-state index contributed by atoms with van der Waals surface area (Å²) in [5.41, 5.74) is 6.95. The van der Waals surface area contributed by atoms with Crippen LogP contribution in [0.15, 0.2) is 35.1 Å². The number of imidazole rings is 1. The molecule has 6 nitrogen and oxygen atoms in total. The number of hydrogen-bond donors (Lipinski definition) is 1. The van der Waals surface area contributed by atoms with Crippen LogP contribution < -0.4 is 11.4 Å². The monoisotopic (exact) mass is 466 g/mol. The SMILES string of the molecule is CN1CCCC1CCn1c(=O)n(-c2ccc(Cl)cc2Cl)c2c(Cl)cc(C(N)=O)cc21. The highest BCUT2D eigenvalue weighted by Gasteiger charge is 2.24. The Balaban J connectivity index is 1.92. The van der Waals surface area contributed by atoms with Crippen LogP contribution in [0.5, 0.6) is 0 Å². The van der Waals surface area contributed by atoms with Crippen molar-refractivity contribution in [1.82, 2.24) is 14.0 Å². The zero-order chi connectivity index (χ0) is 21.6. The molecule has 3 aromatic rings. The Morgan fingerprint density at radius 3 is 2.57 bits per heavy atom. The van der Waals surface area contributed by atoms with Gasteiger partial charge < -0.3 is 10.6 Å². The third-order valence-corrected chi connectivity index (χ3v) is 6.60. The molecule has 1 aliphatic heterocycles. The van der Waals surface area contributed by atoms with Crippen molar-refractivity contribution in [2.24, 2.45) is 5.73 Å². The van der Waals surface area contributed by atoms with E-state index in [-0.39, 0.29) is 16.3 Å². The molecule has 1 aromatic heterocycles.